The van der Waals surface area contributed by atoms with E-state index in [-0.39, 0.29) is 25.9 Å². The molecule has 8 N–H and O–H groups in total. The number of rotatable bonds is 14. The average Bonchev–Trinajstić information content (AvgIpc) is 2.82. The number of hydrogen-bond donors (Lipinski definition) is 8. The minimum Gasteiger partial charge on any atom is -0.481 e. The summed E-state index contributed by atoms with van der Waals surface area (Å²) in [7, 11) is 0. The van der Waals surface area contributed by atoms with E-state index in [4.69, 9.17) is 19.3 Å². The molecule has 1 fully saturated rings. The van der Waals surface area contributed by atoms with Crippen LogP contribution in [-0.4, -0.2) is 123 Å². The minimum atomic E-state index is -1.77. The van der Waals surface area contributed by atoms with Crippen LogP contribution in [0.2, 0.25) is 0 Å². The van der Waals surface area contributed by atoms with Crippen LogP contribution >= 0.6 is 0 Å². The second kappa shape index (κ2) is 15.0. The number of aliphatic carboxylic acids is 1. The van der Waals surface area contributed by atoms with Crippen LogP contribution in [0.3, 0.4) is 0 Å². The number of aliphatic hydroxyl groups excluding tert-OH is 5. The smallest absolute Gasteiger partial charge is 0.331 e. The van der Waals surface area contributed by atoms with Crippen molar-refractivity contribution >= 4 is 23.8 Å². The predicted molar refractivity (Wildman–Crippen MR) is 118 cm³/mol. The predicted octanol–water partition coefficient (Wildman–Crippen LogP) is -3.64. The van der Waals surface area contributed by atoms with Crippen LogP contribution in [0.1, 0.15) is 40.0 Å². The van der Waals surface area contributed by atoms with Gasteiger partial charge in [-0.25, -0.2) is 4.79 Å². The van der Waals surface area contributed by atoms with Gasteiger partial charge in [0.2, 0.25) is 11.8 Å². The summed E-state index contributed by atoms with van der Waals surface area (Å²) in [6.45, 7) is 3.24. The molecule has 1 rings (SSSR count). The number of nitrogens with one attached hydrogen (secondary N) is 2. The zero-order valence-corrected chi connectivity index (χ0v) is 20.3. The maximum atomic E-state index is 12.9. The molecule has 208 valence electrons. The van der Waals surface area contributed by atoms with Gasteiger partial charge >= 0.3 is 11.9 Å². The molecule has 0 aliphatic carbocycles. The Labute approximate surface area is 207 Å². The summed E-state index contributed by atoms with van der Waals surface area (Å²) in [6, 6.07) is -3.27. The summed E-state index contributed by atoms with van der Waals surface area (Å²) in [5, 5.41) is 62.4. The maximum absolute atomic E-state index is 12.9. The highest BCUT2D eigenvalue weighted by atomic mass is 16.7. The quantitative estimate of drug-likeness (QED) is 0.102. The molecule has 0 saturated carbocycles. The van der Waals surface area contributed by atoms with Crippen molar-refractivity contribution in [3.63, 3.8) is 0 Å². The molecule has 1 heterocycles. The fourth-order valence-electron chi connectivity index (χ4n) is 3.35. The molecule has 9 atom stereocenters. The van der Waals surface area contributed by atoms with Crippen molar-refractivity contribution in [1.29, 1.82) is 0 Å². The first-order valence-electron chi connectivity index (χ1n) is 11.5. The van der Waals surface area contributed by atoms with E-state index in [1.165, 1.54) is 20.8 Å². The lowest BCUT2D eigenvalue weighted by Crippen LogP contribution is -2.61. The third-order valence-corrected chi connectivity index (χ3v) is 5.43. The van der Waals surface area contributed by atoms with Crippen molar-refractivity contribution in [2.75, 3.05) is 13.2 Å². The molecular weight excluding hydrogens is 488 g/mol. The fourth-order valence-corrected chi connectivity index (χ4v) is 3.35. The highest BCUT2D eigenvalue weighted by molar-refractivity contribution is 5.91. The molecule has 0 aromatic carbocycles. The number of hydrogen-bond acceptors (Lipinski definition) is 12. The fraction of sp³-hybridized carbons (Fsp3) is 0.810. The molecule has 0 spiro atoms. The van der Waals surface area contributed by atoms with Gasteiger partial charge in [0.15, 0.2) is 12.3 Å². The normalized spacial score (nSPS) is 27.3. The van der Waals surface area contributed by atoms with E-state index in [1.54, 1.807) is 0 Å². The minimum absolute atomic E-state index is 0.0380. The van der Waals surface area contributed by atoms with Gasteiger partial charge in [0, 0.05) is 12.8 Å². The lowest BCUT2D eigenvalue weighted by Gasteiger charge is -2.40. The van der Waals surface area contributed by atoms with E-state index in [9.17, 15) is 44.7 Å². The average molecular weight is 525 g/mol. The van der Waals surface area contributed by atoms with E-state index in [0.717, 1.165) is 0 Å². The van der Waals surface area contributed by atoms with Crippen molar-refractivity contribution < 1.29 is 64.0 Å². The molecule has 2 amide bonds. The van der Waals surface area contributed by atoms with Crippen LogP contribution in [0.25, 0.3) is 0 Å². The molecule has 1 aliphatic heterocycles. The van der Waals surface area contributed by atoms with Gasteiger partial charge in [-0.2, -0.15) is 0 Å². The first kappa shape index (κ1) is 31.6. The molecule has 0 bridgehead atoms. The molecule has 15 heteroatoms. The Hall–Kier alpha value is -2.40. The first-order chi connectivity index (χ1) is 16.8. The van der Waals surface area contributed by atoms with Crippen LogP contribution in [-0.2, 0) is 33.4 Å². The number of aliphatic hydroxyl groups is 5. The molecule has 0 aromatic heterocycles. The van der Waals surface area contributed by atoms with Crippen LogP contribution in [0.15, 0.2) is 0 Å². The molecule has 1 saturated heterocycles. The first-order valence-corrected chi connectivity index (χ1v) is 11.5. The number of carboxylic acids is 1. The molecular formula is C21H36N2O13. The summed E-state index contributed by atoms with van der Waals surface area (Å²) in [4.78, 5) is 48.2. The van der Waals surface area contributed by atoms with Crippen LogP contribution < -0.4 is 10.6 Å². The van der Waals surface area contributed by atoms with Crippen molar-refractivity contribution in [3.05, 3.63) is 0 Å². The van der Waals surface area contributed by atoms with Crippen LogP contribution in [0, 0.1) is 0 Å². The molecule has 2 unspecified atom stereocenters. The Kier molecular flexibility index (Phi) is 13.2. The highest BCUT2D eigenvalue weighted by Crippen LogP contribution is 2.23. The Balaban J connectivity index is 2.98. The van der Waals surface area contributed by atoms with E-state index < -0.39 is 85.4 Å². The second-order valence-corrected chi connectivity index (χ2v) is 8.30. The zero-order valence-electron chi connectivity index (χ0n) is 20.3. The number of esters is 1. The second-order valence-electron chi connectivity index (χ2n) is 8.30. The SMILES string of the molecule is CCOC(=O)[C@@H](NC(=O)C(NC(=O)CCCC(=O)O)C(O)CO)[C@@H](C)O[C@@H]1O[C@@H](C)[C@@H](O)[C@@H](O)[C@@H]1O. The third kappa shape index (κ3) is 9.24. The lowest BCUT2D eigenvalue weighted by atomic mass is 10.00. The van der Waals surface area contributed by atoms with Crippen LogP contribution in [0.5, 0.6) is 0 Å². The van der Waals surface area contributed by atoms with Crippen molar-refractivity contribution in [2.24, 2.45) is 0 Å². The van der Waals surface area contributed by atoms with Crippen molar-refractivity contribution in [1.82, 2.24) is 10.6 Å². The summed E-state index contributed by atoms with van der Waals surface area (Å²) in [6.07, 6.45) is -10.8. The summed E-state index contributed by atoms with van der Waals surface area (Å²) >= 11 is 0. The number of carboxylic acid groups (broad SMARTS) is 1. The zero-order chi connectivity index (χ0) is 27.6. The van der Waals surface area contributed by atoms with Gasteiger partial charge in [-0.05, 0) is 27.2 Å². The summed E-state index contributed by atoms with van der Waals surface area (Å²) in [5.41, 5.74) is 0. The number of carbonyl (C=O) groups is 4. The molecule has 36 heavy (non-hydrogen) atoms. The molecule has 0 aromatic rings. The van der Waals surface area contributed by atoms with Gasteiger partial charge in [0.05, 0.1) is 25.4 Å². The highest BCUT2D eigenvalue weighted by Gasteiger charge is 2.44. The van der Waals surface area contributed by atoms with Gasteiger partial charge in [-0.1, -0.05) is 0 Å². The van der Waals surface area contributed by atoms with Crippen molar-refractivity contribution in [2.45, 2.75) is 95.0 Å². The van der Waals surface area contributed by atoms with Crippen LogP contribution in [0.4, 0.5) is 0 Å². The summed E-state index contributed by atoms with van der Waals surface area (Å²) < 4.78 is 15.8. The van der Waals surface area contributed by atoms with E-state index in [0.29, 0.717) is 0 Å². The third-order valence-electron chi connectivity index (χ3n) is 5.43. The van der Waals surface area contributed by atoms with Gasteiger partial charge in [-0.15, -0.1) is 0 Å². The number of carbonyl (C=O) groups excluding carboxylic acids is 3. The Morgan fingerprint density at radius 2 is 1.64 bits per heavy atom. The Morgan fingerprint density at radius 1 is 1.00 bits per heavy atom. The van der Waals surface area contributed by atoms with Gasteiger partial charge < -0.3 is 55.5 Å². The van der Waals surface area contributed by atoms with Gasteiger partial charge in [-0.3, -0.25) is 14.4 Å². The van der Waals surface area contributed by atoms with Crippen molar-refractivity contribution in [3.8, 4) is 0 Å². The lowest BCUT2D eigenvalue weighted by molar-refractivity contribution is -0.304. The molecule has 0 radical (unpaired) electrons. The topological polar surface area (TPSA) is 241 Å². The monoisotopic (exact) mass is 524 g/mol. The largest absolute Gasteiger partial charge is 0.481 e. The number of ether oxygens (including phenoxy) is 3. The van der Waals surface area contributed by atoms with E-state index in [1.807, 2.05) is 0 Å². The molecule has 1 aliphatic rings. The summed E-state index contributed by atoms with van der Waals surface area (Å²) in [5.74, 6) is -3.96. The maximum Gasteiger partial charge on any atom is 0.331 e. The Morgan fingerprint density at radius 3 is 2.19 bits per heavy atom. The number of amides is 2. The van der Waals surface area contributed by atoms with E-state index >= 15 is 0 Å². The standard InChI is InChI=1S/C21H36N2O13/c1-4-34-20(33)14(9(2)35-21-18(31)17(30)16(29)10(3)36-21)23-19(32)15(11(25)8-24)22-12(26)6-5-7-13(27)28/h9-11,14-18,21,24-25,29-31H,4-8H2,1-3H3,(H,22,26)(H,23,32)(H,27,28)/t9-,10+,11?,14+,15?,16-,17-,18+,21-/m1/s1. The molecule has 15 nitrogen and oxygen atoms in total. The Bertz CT molecular complexity index is 751. The van der Waals surface area contributed by atoms with Gasteiger partial charge in [0.1, 0.15) is 30.5 Å². The van der Waals surface area contributed by atoms with Gasteiger partial charge in [0.25, 0.3) is 0 Å². The van der Waals surface area contributed by atoms with E-state index in [2.05, 4.69) is 10.6 Å².